The zero-order chi connectivity index (χ0) is 27.6. The molecule has 3 heterocycles. The van der Waals surface area contributed by atoms with Gasteiger partial charge in [-0.25, -0.2) is 18.6 Å². The average Bonchev–Trinajstić information content (AvgIpc) is 3.29. The van der Waals surface area contributed by atoms with Gasteiger partial charge < -0.3 is 25.0 Å². The maximum Gasteiger partial charge on any atom is 0.407 e. The first-order valence-electron chi connectivity index (χ1n) is 13.3. The number of alkyl halides is 2. The van der Waals surface area contributed by atoms with Gasteiger partial charge in [0.25, 0.3) is 6.43 Å². The summed E-state index contributed by atoms with van der Waals surface area (Å²) in [6.45, 7) is 7.70. The maximum absolute atomic E-state index is 14.1. The number of hydrogen-bond acceptors (Lipinski definition) is 9. The Morgan fingerprint density at radius 1 is 1.00 bits per heavy atom. The fourth-order valence-corrected chi connectivity index (χ4v) is 4.86. The second-order valence-corrected chi connectivity index (χ2v) is 10.8. The number of fused-ring (bicyclic) bond motifs is 1. The summed E-state index contributed by atoms with van der Waals surface area (Å²) in [6, 6.07) is 6.99. The van der Waals surface area contributed by atoms with E-state index in [1.165, 1.54) is 4.57 Å². The number of halogens is 2. The van der Waals surface area contributed by atoms with Gasteiger partial charge in [-0.15, -0.1) is 0 Å². The van der Waals surface area contributed by atoms with Crippen molar-refractivity contribution in [2.75, 3.05) is 36.5 Å². The number of morpholine rings is 1. The first kappa shape index (κ1) is 27.0. The average molecular weight is 545 g/mol. The molecule has 13 heteroatoms. The maximum atomic E-state index is 14.1. The van der Waals surface area contributed by atoms with Gasteiger partial charge in [-0.05, 0) is 58.6 Å². The van der Waals surface area contributed by atoms with Gasteiger partial charge in [0, 0.05) is 25.2 Å². The van der Waals surface area contributed by atoms with Gasteiger partial charge in [0.15, 0.2) is 5.82 Å². The van der Waals surface area contributed by atoms with E-state index in [0.717, 1.165) is 25.7 Å². The minimum absolute atomic E-state index is 0.0154. The van der Waals surface area contributed by atoms with Crippen LogP contribution in [0.4, 0.5) is 25.5 Å². The number of imidazole rings is 1. The third kappa shape index (κ3) is 6.52. The van der Waals surface area contributed by atoms with E-state index in [-0.39, 0.29) is 18.0 Å². The number of hydrogen-bond donors (Lipinski definition) is 2. The molecule has 5 rings (SSSR count). The summed E-state index contributed by atoms with van der Waals surface area (Å²) in [5, 5.41) is 6.33. The van der Waals surface area contributed by atoms with Crippen molar-refractivity contribution in [3.8, 4) is 5.95 Å². The highest BCUT2D eigenvalue weighted by molar-refractivity contribution is 5.77. The number of aromatic nitrogens is 5. The summed E-state index contributed by atoms with van der Waals surface area (Å²) in [5.74, 6) is 0.361. The molecular weight excluding hydrogens is 510 g/mol. The van der Waals surface area contributed by atoms with Crippen LogP contribution in [-0.4, -0.2) is 74.6 Å². The highest BCUT2D eigenvalue weighted by Gasteiger charge is 2.27. The molecule has 2 fully saturated rings. The molecule has 11 nitrogen and oxygen atoms in total. The minimum atomic E-state index is -2.81. The Hall–Kier alpha value is -3.61. The molecule has 1 saturated carbocycles. The number of alkyl carbamates (subject to hydrolysis) is 1. The first-order valence-corrected chi connectivity index (χ1v) is 13.3. The molecule has 1 aromatic carbocycles. The van der Waals surface area contributed by atoms with Crippen molar-refractivity contribution in [1.29, 1.82) is 0 Å². The molecule has 0 spiro atoms. The van der Waals surface area contributed by atoms with Crippen molar-refractivity contribution in [3.05, 3.63) is 30.1 Å². The molecule has 0 bridgehead atoms. The van der Waals surface area contributed by atoms with Crippen molar-refractivity contribution in [2.45, 2.75) is 70.6 Å². The number of anilines is 2. The van der Waals surface area contributed by atoms with Crippen LogP contribution in [0.15, 0.2) is 24.3 Å². The van der Waals surface area contributed by atoms with Gasteiger partial charge in [-0.2, -0.15) is 15.0 Å². The van der Waals surface area contributed by atoms with Crippen LogP contribution in [0.5, 0.6) is 0 Å². The van der Waals surface area contributed by atoms with E-state index in [9.17, 15) is 13.6 Å². The molecule has 0 atom stereocenters. The van der Waals surface area contributed by atoms with E-state index >= 15 is 0 Å². The molecule has 2 aromatic heterocycles. The zero-order valence-electron chi connectivity index (χ0n) is 22.4. The van der Waals surface area contributed by atoms with Crippen LogP contribution in [0, 0.1) is 0 Å². The molecule has 0 radical (unpaired) electrons. The van der Waals surface area contributed by atoms with Crippen LogP contribution >= 0.6 is 0 Å². The summed E-state index contributed by atoms with van der Waals surface area (Å²) in [7, 11) is 0. The second kappa shape index (κ2) is 11.2. The SMILES string of the molecule is CC(C)(C)OC(=O)N[C@H]1CC[C@H](Nc2nc(N3CCOCC3)nc(-n3c(C(F)F)nc4ccccc43)n2)CC1. The van der Waals surface area contributed by atoms with Gasteiger partial charge in [0.05, 0.1) is 24.2 Å². The topological polar surface area (TPSA) is 119 Å². The van der Waals surface area contributed by atoms with Crippen LogP contribution in [-0.2, 0) is 9.47 Å². The molecule has 3 aromatic rings. The van der Waals surface area contributed by atoms with Gasteiger partial charge in [0.1, 0.15) is 5.60 Å². The van der Waals surface area contributed by atoms with Gasteiger partial charge in [0.2, 0.25) is 17.8 Å². The van der Waals surface area contributed by atoms with Crippen molar-refractivity contribution < 1.29 is 23.0 Å². The van der Waals surface area contributed by atoms with E-state index < -0.39 is 23.9 Å². The Kier molecular flexibility index (Phi) is 7.78. The number of rotatable bonds is 6. The number of ether oxygens (including phenoxy) is 2. The van der Waals surface area contributed by atoms with Crippen molar-refractivity contribution in [2.24, 2.45) is 0 Å². The summed E-state index contributed by atoms with van der Waals surface area (Å²) in [5.41, 5.74) is 0.375. The molecular formula is C26H34F2N8O3. The lowest BCUT2D eigenvalue weighted by molar-refractivity contribution is 0.0492. The summed E-state index contributed by atoms with van der Waals surface area (Å²) in [4.78, 5) is 32.1. The molecule has 2 aliphatic rings. The molecule has 39 heavy (non-hydrogen) atoms. The van der Waals surface area contributed by atoms with E-state index in [2.05, 4.69) is 30.6 Å². The fourth-order valence-electron chi connectivity index (χ4n) is 4.86. The Morgan fingerprint density at radius 3 is 2.36 bits per heavy atom. The van der Waals surface area contributed by atoms with Gasteiger partial charge in [-0.1, -0.05) is 12.1 Å². The van der Waals surface area contributed by atoms with E-state index in [1.54, 1.807) is 24.3 Å². The van der Waals surface area contributed by atoms with Crippen LogP contribution in [0.3, 0.4) is 0 Å². The Bertz CT molecular complexity index is 1300. The lowest BCUT2D eigenvalue weighted by atomic mass is 9.91. The quantitative estimate of drug-likeness (QED) is 0.470. The minimum Gasteiger partial charge on any atom is -0.444 e. The lowest BCUT2D eigenvalue weighted by Gasteiger charge is -2.31. The van der Waals surface area contributed by atoms with Crippen LogP contribution < -0.4 is 15.5 Å². The number of nitrogens with zero attached hydrogens (tertiary/aromatic N) is 6. The molecule has 2 N–H and O–H groups in total. The van der Waals surface area contributed by atoms with Crippen molar-refractivity contribution in [3.63, 3.8) is 0 Å². The normalized spacial score (nSPS) is 20.3. The summed E-state index contributed by atoms with van der Waals surface area (Å²) in [6.07, 6.45) is -0.182. The fraction of sp³-hybridized carbons (Fsp3) is 0.577. The lowest BCUT2D eigenvalue weighted by Crippen LogP contribution is -2.42. The molecule has 1 aliphatic carbocycles. The number of nitrogens with one attached hydrogen (secondary N) is 2. The highest BCUT2D eigenvalue weighted by Crippen LogP contribution is 2.28. The smallest absolute Gasteiger partial charge is 0.407 e. The summed E-state index contributed by atoms with van der Waals surface area (Å²) >= 11 is 0. The van der Waals surface area contributed by atoms with Gasteiger partial charge in [-0.3, -0.25) is 4.57 Å². The van der Waals surface area contributed by atoms with E-state index in [0.29, 0.717) is 49.2 Å². The number of amides is 1. The molecule has 1 saturated heterocycles. The predicted octanol–water partition coefficient (Wildman–Crippen LogP) is 4.23. The number of benzene rings is 1. The zero-order valence-corrected chi connectivity index (χ0v) is 22.4. The number of para-hydroxylation sites is 2. The molecule has 1 aliphatic heterocycles. The molecule has 210 valence electrons. The highest BCUT2D eigenvalue weighted by atomic mass is 19.3. The number of carbonyl (C=O) groups is 1. The van der Waals surface area contributed by atoms with E-state index in [1.807, 2.05) is 25.7 Å². The van der Waals surface area contributed by atoms with Crippen LogP contribution in [0.25, 0.3) is 17.0 Å². The predicted molar refractivity (Wildman–Crippen MR) is 141 cm³/mol. The van der Waals surface area contributed by atoms with Crippen molar-refractivity contribution in [1.82, 2.24) is 29.8 Å². The van der Waals surface area contributed by atoms with E-state index in [4.69, 9.17) is 9.47 Å². The third-order valence-electron chi connectivity index (χ3n) is 6.67. The Labute approximate surface area is 225 Å². The largest absolute Gasteiger partial charge is 0.444 e. The second-order valence-electron chi connectivity index (χ2n) is 10.8. The van der Waals surface area contributed by atoms with Crippen molar-refractivity contribution >= 4 is 29.0 Å². The number of carbonyl (C=O) groups excluding carboxylic acids is 1. The van der Waals surface area contributed by atoms with Crippen LogP contribution in [0.1, 0.15) is 58.7 Å². The monoisotopic (exact) mass is 544 g/mol. The first-order chi connectivity index (χ1) is 18.7. The standard InChI is InChI=1S/C26H34F2N8O3/c1-26(2,3)39-25(37)30-17-10-8-16(9-11-17)29-22-32-23(35-12-14-38-15-13-35)34-24(33-22)36-19-7-5-4-6-18(19)31-21(36)20(27)28/h4-7,16-17,20H,8-15H2,1-3H3,(H,30,37)(H,29,32,33,34)/t16-,17-. The summed E-state index contributed by atoms with van der Waals surface area (Å²) < 4.78 is 40.3. The van der Waals surface area contributed by atoms with Gasteiger partial charge >= 0.3 is 6.09 Å². The Balaban J connectivity index is 1.38. The molecule has 0 unspecified atom stereocenters. The Morgan fingerprint density at radius 2 is 1.67 bits per heavy atom. The van der Waals surface area contributed by atoms with Crippen LogP contribution in [0.2, 0.25) is 0 Å². The third-order valence-corrected chi connectivity index (χ3v) is 6.67. The molecule has 1 amide bonds.